The maximum Gasteiger partial charge on any atom is 0.203 e. The highest BCUT2D eigenvalue weighted by molar-refractivity contribution is 7.14. The van der Waals surface area contributed by atoms with Crippen molar-refractivity contribution >= 4 is 22.7 Å². The molecule has 23 heavy (non-hydrogen) atoms. The molecule has 1 heterocycles. The van der Waals surface area contributed by atoms with E-state index in [4.69, 9.17) is 4.74 Å². The van der Waals surface area contributed by atoms with Gasteiger partial charge in [-0.1, -0.05) is 36.4 Å². The molecule has 116 valence electrons. The number of hydrazone groups is 1. The lowest BCUT2D eigenvalue weighted by molar-refractivity contribution is 0.416. The molecule has 0 atom stereocenters. The summed E-state index contributed by atoms with van der Waals surface area (Å²) in [5.74, 6) is 0.813. The second kappa shape index (κ2) is 7.07. The zero-order valence-electron chi connectivity index (χ0n) is 13.0. The van der Waals surface area contributed by atoms with Gasteiger partial charge in [-0.15, -0.1) is 11.3 Å². The fourth-order valence-corrected chi connectivity index (χ4v) is 2.85. The topological polar surface area (TPSA) is 46.5 Å². The van der Waals surface area contributed by atoms with Crippen LogP contribution in [-0.4, -0.2) is 18.3 Å². The lowest BCUT2D eigenvalue weighted by atomic mass is 10.1. The highest BCUT2D eigenvalue weighted by Crippen LogP contribution is 2.31. The smallest absolute Gasteiger partial charge is 0.203 e. The van der Waals surface area contributed by atoms with Crippen LogP contribution in [0.25, 0.3) is 11.3 Å². The largest absolute Gasteiger partial charge is 0.496 e. The van der Waals surface area contributed by atoms with Gasteiger partial charge in [-0.25, -0.2) is 4.98 Å². The van der Waals surface area contributed by atoms with Crippen LogP contribution in [0.5, 0.6) is 5.75 Å². The highest BCUT2D eigenvalue weighted by atomic mass is 32.1. The Hall–Kier alpha value is -2.66. The number of para-hydroxylation sites is 1. The summed E-state index contributed by atoms with van der Waals surface area (Å²) in [4.78, 5) is 4.56. The van der Waals surface area contributed by atoms with Gasteiger partial charge in [-0.3, -0.25) is 5.43 Å². The highest BCUT2D eigenvalue weighted by Gasteiger charge is 2.08. The lowest BCUT2D eigenvalue weighted by Crippen LogP contribution is -1.92. The van der Waals surface area contributed by atoms with Crippen molar-refractivity contribution in [2.75, 3.05) is 12.5 Å². The van der Waals surface area contributed by atoms with Crippen LogP contribution in [0.4, 0.5) is 5.13 Å². The van der Waals surface area contributed by atoms with Gasteiger partial charge in [-0.05, 0) is 30.2 Å². The van der Waals surface area contributed by atoms with E-state index in [1.54, 1.807) is 13.3 Å². The molecule has 4 nitrogen and oxygen atoms in total. The average molecular weight is 323 g/mol. The molecule has 0 radical (unpaired) electrons. The fraction of sp³-hybridized carbons (Fsp3) is 0.111. The Balaban J connectivity index is 1.74. The molecule has 1 N–H and O–H groups in total. The number of nitrogens with zero attached hydrogens (tertiary/aromatic N) is 2. The van der Waals surface area contributed by atoms with Crippen LogP contribution in [0, 0.1) is 6.92 Å². The van der Waals surface area contributed by atoms with E-state index in [1.807, 2.05) is 47.8 Å². The molecule has 1 aromatic heterocycles. The first kappa shape index (κ1) is 15.2. The number of aryl methyl sites for hydroxylation is 1. The Morgan fingerprint density at radius 2 is 1.91 bits per heavy atom. The van der Waals surface area contributed by atoms with E-state index in [2.05, 4.69) is 28.5 Å². The fourth-order valence-electron chi connectivity index (χ4n) is 2.19. The van der Waals surface area contributed by atoms with Gasteiger partial charge in [0.2, 0.25) is 5.13 Å². The Labute approximate surface area is 139 Å². The number of thiazole rings is 1. The van der Waals surface area contributed by atoms with Gasteiger partial charge in [0.1, 0.15) is 5.75 Å². The minimum Gasteiger partial charge on any atom is -0.496 e. The van der Waals surface area contributed by atoms with Crippen molar-refractivity contribution in [2.45, 2.75) is 6.92 Å². The van der Waals surface area contributed by atoms with Crippen molar-refractivity contribution in [3.8, 4) is 17.0 Å². The maximum absolute atomic E-state index is 5.38. The zero-order chi connectivity index (χ0) is 16.1. The van der Waals surface area contributed by atoms with Crippen LogP contribution in [0.1, 0.15) is 11.1 Å². The van der Waals surface area contributed by atoms with E-state index in [0.717, 1.165) is 27.7 Å². The van der Waals surface area contributed by atoms with Crippen LogP contribution in [-0.2, 0) is 0 Å². The molecule has 0 spiro atoms. The third-order valence-corrected chi connectivity index (χ3v) is 4.19. The van der Waals surface area contributed by atoms with Gasteiger partial charge in [-0.2, -0.15) is 5.10 Å². The number of anilines is 1. The number of hydrogen-bond acceptors (Lipinski definition) is 5. The minimum atomic E-state index is 0.746. The van der Waals surface area contributed by atoms with Crippen LogP contribution in [0.15, 0.2) is 59.0 Å². The van der Waals surface area contributed by atoms with Crippen molar-refractivity contribution in [3.05, 3.63) is 65.0 Å². The summed E-state index contributed by atoms with van der Waals surface area (Å²) in [6.07, 6.45) is 1.81. The zero-order valence-corrected chi connectivity index (χ0v) is 13.8. The molecule has 3 rings (SSSR count). The van der Waals surface area contributed by atoms with E-state index >= 15 is 0 Å². The van der Waals surface area contributed by atoms with Crippen molar-refractivity contribution in [2.24, 2.45) is 5.10 Å². The van der Waals surface area contributed by atoms with Crippen molar-refractivity contribution < 1.29 is 4.74 Å². The second-order valence-electron chi connectivity index (χ2n) is 4.96. The van der Waals surface area contributed by atoms with E-state index in [1.165, 1.54) is 16.9 Å². The van der Waals surface area contributed by atoms with Crippen LogP contribution in [0.2, 0.25) is 0 Å². The summed E-state index contributed by atoms with van der Waals surface area (Å²) in [7, 11) is 1.66. The van der Waals surface area contributed by atoms with E-state index in [-0.39, 0.29) is 0 Å². The summed E-state index contributed by atoms with van der Waals surface area (Å²) in [5, 5.41) is 7.00. The summed E-state index contributed by atoms with van der Waals surface area (Å²) in [5.41, 5.74) is 7.11. The number of rotatable bonds is 5. The molecule has 0 saturated heterocycles. The molecule has 0 saturated carbocycles. The maximum atomic E-state index is 5.38. The molecular weight excluding hydrogens is 306 g/mol. The average Bonchev–Trinajstić information content (AvgIpc) is 3.05. The van der Waals surface area contributed by atoms with Gasteiger partial charge in [0.25, 0.3) is 0 Å². The molecule has 0 aliphatic carbocycles. The molecule has 0 unspecified atom stereocenters. The minimum absolute atomic E-state index is 0.746. The van der Waals surface area contributed by atoms with Crippen molar-refractivity contribution in [3.63, 3.8) is 0 Å². The lowest BCUT2D eigenvalue weighted by Gasteiger charge is -2.04. The Morgan fingerprint density at radius 3 is 2.74 bits per heavy atom. The molecule has 0 amide bonds. The van der Waals surface area contributed by atoms with Gasteiger partial charge in [0, 0.05) is 10.9 Å². The van der Waals surface area contributed by atoms with E-state index in [9.17, 15) is 0 Å². The Morgan fingerprint density at radius 1 is 1.13 bits per heavy atom. The number of benzene rings is 2. The Kier molecular flexibility index (Phi) is 4.68. The first-order valence-corrected chi connectivity index (χ1v) is 8.09. The Bertz CT molecular complexity index is 826. The number of ether oxygens (including phenoxy) is 1. The SMILES string of the molecule is COc1ccccc1-c1csc(N/N=C\c2ccccc2C)n1. The van der Waals surface area contributed by atoms with E-state index in [0.29, 0.717) is 0 Å². The first-order valence-electron chi connectivity index (χ1n) is 7.21. The predicted octanol–water partition coefficient (Wildman–Crippen LogP) is 4.57. The van der Waals surface area contributed by atoms with E-state index < -0.39 is 0 Å². The van der Waals surface area contributed by atoms with Crippen LogP contribution in [0.3, 0.4) is 0 Å². The number of aromatic nitrogens is 1. The number of hydrogen-bond donors (Lipinski definition) is 1. The second-order valence-corrected chi connectivity index (χ2v) is 5.82. The van der Waals surface area contributed by atoms with Gasteiger partial charge >= 0.3 is 0 Å². The van der Waals surface area contributed by atoms with Crippen molar-refractivity contribution in [1.82, 2.24) is 4.98 Å². The van der Waals surface area contributed by atoms with Crippen LogP contribution < -0.4 is 10.2 Å². The monoisotopic (exact) mass is 323 g/mol. The molecule has 0 fully saturated rings. The summed E-state index contributed by atoms with van der Waals surface area (Å²) in [6.45, 7) is 2.06. The molecule has 2 aromatic carbocycles. The molecule has 3 aromatic rings. The molecule has 0 aliphatic rings. The van der Waals surface area contributed by atoms with Gasteiger partial charge in [0.05, 0.1) is 19.0 Å². The van der Waals surface area contributed by atoms with Crippen LogP contribution >= 0.6 is 11.3 Å². The third-order valence-electron chi connectivity index (χ3n) is 3.44. The number of methoxy groups -OCH3 is 1. The predicted molar refractivity (Wildman–Crippen MR) is 96.5 cm³/mol. The summed E-state index contributed by atoms with van der Waals surface area (Å²) < 4.78 is 5.38. The third kappa shape index (κ3) is 3.57. The summed E-state index contributed by atoms with van der Waals surface area (Å²) in [6, 6.07) is 15.9. The standard InChI is InChI=1S/C18H17N3OS/c1-13-7-3-4-8-14(13)11-19-21-18-20-16(12-23-18)15-9-5-6-10-17(15)22-2/h3-12H,1-2H3,(H,20,21)/b19-11-. The summed E-state index contributed by atoms with van der Waals surface area (Å²) >= 11 is 1.51. The number of nitrogens with one attached hydrogen (secondary N) is 1. The van der Waals surface area contributed by atoms with Crippen molar-refractivity contribution in [1.29, 1.82) is 0 Å². The molecular formula is C18H17N3OS. The first-order chi connectivity index (χ1) is 11.3. The normalized spacial score (nSPS) is 10.9. The quantitative estimate of drug-likeness (QED) is 0.552. The molecule has 0 aliphatic heterocycles. The molecule has 5 heteroatoms. The van der Waals surface area contributed by atoms with Gasteiger partial charge < -0.3 is 4.74 Å². The molecule has 0 bridgehead atoms. The van der Waals surface area contributed by atoms with Gasteiger partial charge in [0.15, 0.2) is 0 Å².